The molecule has 7 nitrogen and oxygen atoms in total. The molecule has 0 fully saturated rings. The Morgan fingerprint density at radius 3 is 2.75 bits per heavy atom. The molecule has 1 atom stereocenters. The van der Waals surface area contributed by atoms with Crippen LogP contribution in [0.2, 0.25) is 5.02 Å². The Balaban J connectivity index is 1.94. The number of carbonyl (C=O) groups is 1. The summed E-state index contributed by atoms with van der Waals surface area (Å²) in [5, 5.41) is 37.3. The van der Waals surface area contributed by atoms with Gasteiger partial charge in [0, 0.05) is 22.7 Å². The van der Waals surface area contributed by atoms with Gasteiger partial charge in [0.05, 0.1) is 12.6 Å². The van der Waals surface area contributed by atoms with Gasteiger partial charge < -0.3 is 20.2 Å². The summed E-state index contributed by atoms with van der Waals surface area (Å²) in [5.41, 5.74) is 3.04. The second-order valence-corrected chi connectivity index (χ2v) is 7.11. The van der Waals surface area contributed by atoms with Gasteiger partial charge in [-0.05, 0) is 42.3 Å². The lowest BCUT2D eigenvalue weighted by molar-refractivity contribution is 0.0706. The third-order valence-corrected chi connectivity index (χ3v) is 5.33. The number of fused-ring (bicyclic) bond motifs is 1. The van der Waals surface area contributed by atoms with Crippen LogP contribution in [-0.4, -0.2) is 49.5 Å². The van der Waals surface area contributed by atoms with Crippen LogP contribution in [0.15, 0.2) is 36.4 Å². The van der Waals surface area contributed by atoms with Gasteiger partial charge in [0.1, 0.15) is 22.9 Å². The molecular formula is C20H18ClN3O4. The normalized spacial score (nSPS) is 15.9. The number of benzene rings is 2. The predicted octanol–water partition coefficient (Wildman–Crippen LogP) is 2.99. The highest BCUT2D eigenvalue weighted by Gasteiger charge is 2.42. The Hall–Kier alpha value is -3.03. The first-order chi connectivity index (χ1) is 13.4. The molecule has 1 unspecified atom stereocenters. The molecule has 0 aliphatic carbocycles. The van der Waals surface area contributed by atoms with E-state index >= 15 is 0 Å². The Morgan fingerprint density at radius 2 is 2.04 bits per heavy atom. The summed E-state index contributed by atoms with van der Waals surface area (Å²) in [7, 11) is 0. The number of carbonyl (C=O) groups excluding carboxylic acids is 1. The number of aryl methyl sites for hydroxylation is 1. The van der Waals surface area contributed by atoms with Gasteiger partial charge in [0.15, 0.2) is 0 Å². The Morgan fingerprint density at radius 1 is 1.25 bits per heavy atom. The monoisotopic (exact) mass is 399 g/mol. The van der Waals surface area contributed by atoms with E-state index in [0.29, 0.717) is 27.4 Å². The first-order valence-corrected chi connectivity index (χ1v) is 9.08. The van der Waals surface area contributed by atoms with Crippen molar-refractivity contribution in [3.63, 3.8) is 0 Å². The van der Waals surface area contributed by atoms with Crippen LogP contribution in [0.4, 0.5) is 0 Å². The summed E-state index contributed by atoms with van der Waals surface area (Å²) in [5.74, 6) is -0.249. The number of aromatic hydroxyl groups is 2. The van der Waals surface area contributed by atoms with E-state index in [9.17, 15) is 20.1 Å². The lowest BCUT2D eigenvalue weighted by Gasteiger charge is -2.25. The van der Waals surface area contributed by atoms with E-state index in [2.05, 4.69) is 10.2 Å². The number of aromatic amines is 1. The molecule has 1 aliphatic rings. The van der Waals surface area contributed by atoms with Crippen molar-refractivity contribution in [1.29, 1.82) is 0 Å². The number of amides is 1. The number of phenolic OH excluding ortho intramolecular Hbond substituents is 2. The number of nitrogens with one attached hydrogen (secondary N) is 1. The minimum absolute atomic E-state index is 0.00100. The van der Waals surface area contributed by atoms with Gasteiger partial charge in [-0.2, -0.15) is 5.10 Å². The van der Waals surface area contributed by atoms with Crippen LogP contribution in [0.25, 0.3) is 11.3 Å². The quantitative estimate of drug-likeness (QED) is 0.539. The van der Waals surface area contributed by atoms with Gasteiger partial charge in [0.25, 0.3) is 5.91 Å². The number of halogens is 1. The van der Waals surface area contributed by atoms with E-state index in [0.717, 1.165) is 5.56 Å². The van der Waals surface area contributed by atoms with Crippen molar-refractivity contribution in [2.45, 2.75) is 13.0 Å². The molecule has 0 spiro atoms. The lowest BCUT2D eigenvalue weighted by Crippen LogP contribution is -2.32. The van der Waals surface area contributed by atoms with E-state index in [4.69, 9.17) is 11.6 Å². The number of H-pyrrole nitrogens is 1. The number of aliphatic hydroxyl groups is 1. The highest BCUT2D eigenvalue weighted by atomic mass is 35.5. The molecule has 144 valence electrons. The minimum atomic E-state index is -0.574. The second-order valence-electron chi connectivity index (χ2n) is 6.70. The number of hydrogen-bond donors (Lipinski definition) is 4. The van der Waals surface area contributed by atoms with Gasteiger partial charge >= 0.3 is 0 Å². The van der Waals surface area contributed by atoms with Gasteiger partial charge in [-0.3, -0.25) is 9.89 Å². The van der Waals surface area contributed by atoms with Crippen LogP contribution >= 0.6 is 11.6 Å². The van der Waals surface area contributed by atoms with Gasteiger partial charge in [0.2, 0.25) is 0 Å². The van der Waals surface area contributed by atoms with Crippen LogP contribution in [0.1, 0.15) is 33.2 Å². The number of nitrogens with zero attached hydrogens (tertiary/aromatic N) is 2. The Bertz CT molecular complexity index is 1080. The van der Waals surface area contributed by atoms with Crippen molar-refractivity contribution in [3.8, 4) is 22.8 Å². The lowest BCUT2D eigenvalue weighted by atomic mass is 9.95. The summed E-state index contributed by atoms with van der Waals surface area (Å²) in [6, 6.07) is 9.16. The first-order valence-electron chi connectivity index (χ1n) is 8.71. The number of aromatic nitrogens is 2. The summed E-state index contributed by atoms with van der Waals surface area (Å²) in [6.45, 7) is 1.68. The van der Waals surface area contributed by atoms with Crippen molar-refractivity contribution < 1.29 is 20.1 Å². The summed E-state index contributed by atoms with van der Waals surface area (Å²) >= 11 is 6.24. The van der Waals surface area contributed by atoms with E-state index < -0.39 is 6.04 Å². The van der Waals surface area contributed by atoms with Crippen molar-refractivity contribution in [2.75, 3.05) is 13.2 Å². The summed E-state index contributed by atoms with van der Waals surface area (Å²) < 4.78 is 0. The Kier molecular flexibility index (Phi) is 4.49. The SMILES string of the molecule is Cc1cc(O)c(-c2n[nH]c3c2C(c2cccc(O)c2)N(CCO)C3=O)cc1Cl. The first kappa shape index (κ1) is 18.3. The molecule has 0 radical (unpaired) electrons. The molecule has 3 aromatic rings. The molecule has 2 aromatic carbocycles. The van der Waals surface area contributed by atoms with E-state index in [1.807, 2.05) is 0 Å². The smallest absolute Gasteiger partial charge is 0.273 e. The molecule has 4 N–H and O–H groups in total. The standard InChI is InChI=1S/C20H18ClN3O4/c1-10-7-15(27)13(9-14(10)21)17-16-18(23-22-17)20(28)24(5-6-25)19(16)11-3-2-4-12(26)8-11/h2-4,7-9,19,25-27H,5-6H2,1H3,(H,22,23). The van der Waals surface area contributed by atoms with Gasteiger partial charge in [-0.15, -0.1) is 0 Å². The third-order valence-electron chi connectivity index (χ3n) is 4.92. The second kappa shape index (κ2) is 6.85. The molecule has 1 amide bonds. The molecule has 4 rings (SSSR count). The zero-order valence-corrected chi connectivity index (χ0v) is 15.7. The number of rotatable bonds is 4. The van der Waals surface area contributed by atoms with Crippen molar-refractivity contribution >= 4 is 17.5 Å². The zero-order valence-electron chi connectivity index (χ0n) is 15.0. The molecule has 8 heteroatoms. The molecule has 1 aliphatic heterocycles. The molecule has 0 bridgehead atoms. The number of phenols is 2. The number of hydrogen-bond acceptors (Lipinski definition) is 5. The minimum Gasteiger partial charge on any atom is -0.508 e. The van der Waals surface area contributed by atoms with Crippen LogP contribution in [0.5, 0.6) is 11.5 Å². The van der Waals surface area contributed by atoms with Crippen molar-refractivity contribution in [3.05, 3.63) is 63.8 Å². The molecule has 0 saturated carbocycles. The molecular weight excluding hydrogens is 382 g/mol. The van der Waals surface area contributed by atoms with Crippen LogP contribution in [0, 0.1) is 6.92 Å². The maximum atomic E-state index is 12.9. The molecule has 2 heterocycles. The maximum Gasteiger partial charge on any atom is 0.273 e. The zero-order chi connectivity index (χ0) is 20.0. The highest BCUT2D eigenvalue weighted by molar-refractivity contribution is 6.31. The topological polar surface area (TPSA) is 110 Å². The fourth-order valence-electron chi connectivity index (χ4n) is 3.64. The number of β-amino-alcohol motifs (C(OH)–C–C–N with tert-alkyl or cyclic N) is 1. The van der Waals surface area contributed by atoms with Crippen molar-refractivity contribution in [1.82, 2.24) is 15.1 Å². The van der Waals surface area contributed by atoms with E-state index in [-0.39, 0.29) is 36.3 Å². The number of aliphatic hydroxyl groups excluding tert-OH is 1. The largest absolute Gasteiger partial charge is 0.508 e. The molecule has 28 heavy (non-hydrogen) atoms. The van der Waals surface area contributed by atoms with Crippen LogP contribution in [0.3, 0.4) is 0 Å². The predicted molar refractivity (Wildman–Crippen MR) is 104 cm³/mol. The summed E-state index contributed by atoms with van der Waals surface area (Å²) in [6.07, 6.45) is 0. The Labute approximate surface area is 165 Å². The van der Waals surface area contributed by atoms with Crippen molar-refractivity contribution in [2.24, 2.45) is 0 Å². The molecule has 0 saturated heterocycles. The average Bonchev–Trinajstić information content (AvgIpc) is 3.18. The van der Waals surface area contributed by atoms with Gasteiger partial charge in [-0.25, -0.2) is 0 Å². The molecule has 1 aromatic heterocycles. The van der Waals surface area contributed by atoms with Crippen LogP contribution < -0.4 is 0 Å². The highest BCUT2D eigenvalue weighted by Crippen LogP contribution is 2.45. The van der Waals surface area contributed by atoms with Gasteiger partial charge in [-0.1, -0.05) is 23.7 Å². The van der Waals surface area contributed by atoms with Crippen LogP contribution in [-0.2, 0) is 0 Å². The van der Waals surface area contributed by atoms with E-state index in [1.54, 1.807) is 43.3 Å². The summed E-state index contributed by atoms with van der Waals surface area (Å²) in [4.78, 5) is 14.4. The fraction of sp³-hybridized carbons (Fsp3) is 0.200. The fourth-order valence-corrected chi connectivity index (χ4v) is 3.80. The van der Waals surface area contributed by atoms with E-state index in [1.165, 1.54) is 4.90 Å². The maximum absolute atomic E-state index is 12.9. The third kappa shape index (κ3) is 2.80. The average molecular weight is 400 g/mol.